The van der Waals surface area contributed by atoms with Crippen molar-refractivity contribution in [3.63, 3.8) is 0 Å². The number of nitrogens with two attached hydrogens (primary N) is 1. The van der Waals surface area contributed by atoms with Gasteiger partial charge >= 0.3 is 6.18 Å². The molecule has 0 aromatic carbocycles. The highest BCUT2D eigenvalue weighted by molar-refractivity contribution is 4.80. The van der Waals surface area contributed by atoms with E-state index in [1.807, 2.05) is 0 Å². The van der Waals surface area contributed by atoms with Gasteiger partial charge in [0.25, 0.3) is 0 Å². The lowest BCUT2D eigenvalue weighted by molar-refractivity contribution is -0.192. The van der Waals surface area contributed by atoms with Crippen molar-refractivity contribution >= 4 is 0 Å². The van der Waals surface area contributed by atoms with E-state index in [4.69, 9.17) is 10.5 Å². The monoisotopic (exact) mass is 212 g/mol. The first-order valence-electron chi connectivity index (χ1n) is 4.64. The fraction of sp³-hybridized carbons (Fsp3) is 1.00. The van der Waals surface area contributed by atoms with Gasteiger partial charge in [0.05, 0.1) is 13.2 Å². The molecular weight excluding hydrogens is 197 g/mol. The van der Waals surface area contributed by atoms with E-state index < -0.39 is 12.2 Å². The van der Waals surface area contributed by atoms with Crippen LogP contribution in [0.4, 0.5) is 13.2 Å². The van der Waals surface area contributed by atoms with Gasteiger partial charge < -0.3 is 10.5 Å². The van der Waals surface area contributed by atoms with Crippen LogP contribution in [0, 0.1) is 0 Å². The van der Waals surface area contributed by atoms with E-state index in [1.54, 1.807) is 0 Å². The second-order valence-electron chi connectivity index (χ2n) is 3.28. The van der Waals surface area contributed by atoms with Crippen LogP contribution in [0.25, 0.3) is 0 Å². The summed E-state index contributed by atoms with van der Waals surface area (Å²) in [4.78, 5) is 1.40. The Balaban J connectivity index is 2.56. The minimum atomic E-state index is -4.18. The highest BCUT2D eigenvalue weighted by atomic mass is 19.4. The van der Waals surface area contributed by atoms with Crippen molar-refractivity contribution in [3.05, 3.63) is 0 Å². The average molecular weight is 212 g/mol. The molecule has 0 bridgehead atoms. The van der Waals surface area contributed by atoms with Gasteiger partial charge in [0.1, 0.15) is 6.04 Å². The highest BCUT2D eigenvalue weighted by Crippen LogP contribution is 2.27. The predicted molar refractivity (Wildman–Crippen MR) is 45.9 cm³/mol. The number of nitrogens with zero attached hydrogens (tertiary/aromatic N) is 1. The molecule has 1 heterocycles. The Bertz CT molecular complexity index is 168. The standard InChI is InChI=1S/C8H15F3N2O/c9-8(10,11)7(1-2-12)13-3-5-14-6-4-13/h7H,1-6,12H2. The SMILES string of the molecule is NCCC(N1CCOCC1)C(F)(F)F. The first kappa shape index (κ1) is 11.7. The number of alkyl halides is 3. The molecule has 3 nitrogen and oxygen atoms in total. The minimum Gasteiger partial charge on any atom is -0.379 e. The lowest BCUT2D eigenvalue weighted by Gasteiger charge is -2.35. The Morgan fingerprint density at radius 1 is 1.29 bits per heavy atom. The van der Waals surface area contributed by atoms with Crippen molar-refractivity contribution in [1.82, 2.24) is 4.90 Å². The topological polar surface area (TPSA) is 38.5 Å². The number of hydrogen-bond acceptors (Lipinski definition) is 3. The molecule has 1 aliphatic rings. The molecule has 0 saturated carbocycles. The molecule has 14 heavy (non-hydrogen) atoms. The summed E-state index contributed by atoms with van der Waals surface area (Å²) in [5, 5.41) is 0. The van der Waals surface area contributed by atoms with Crippen LogP contribution in [-0.4, -0.2) is 50.0 Å². The Hall–Kier alpha value is -0.330. The molecule has 2 N–H and O–H groups in total. The van der Waals surface area contributed by atoms with Crippen LogP contribution >= 0.6 is 0 Å². The van der Waals surface area contributed by atoms with E-state index in [1.165, 1.54) is 4.90 Å². The average Bonchev–Trinajstić information content (AvgIpc) is 2.14. The molecule has 1 saturated heterocycles. The van der Waals surface area contributed by atoms with Gasteiger partial charge in [-0.05, 0) is 13.0 Å². The number of ether oxygens (including phenoxy) is 1. The quantitative estimate of drug-likeness (QED) is 0.744. The molecule has 0 aromatic rings. The maximum atomic E-state index is 12.6. The predicted octanol–water partition coefficient (Wildman–Crippen LogP) is 0.598. The molecule has 0 aliphatic carbocycles. The fourth-order valence-electron chi connectivity index (χ4n) is 1.60. The molecule has 1 aliphatic heterocycles. The van der Waals surface area contributed by atoms with Crippen molar-refractivity contribution in [3.8, 4) is 0 Å². The van der Waals surface area contributed by atoms with Crippen LogP contribution in [0.2, 0.25) is 0 Å². The maximum absolute atomic E-state index is 12.6. The van der Waals surface area contributed by atoms with Gasteiger partial charge in [-0.1, -0.05) is 0 Å². The Kier molecular flexibility index (Phi) is 4.15. The van der Waals surface area contributed by atoms with Crippen LogP contribution in [0.15, 0.2) is 0 Å². The Morgan fingerprint density at radius 2 is 1.86 bits per heavy atom. The number of morpholine rings is 1. The van der Waals surface area contributed by atoms with Crippen LogP contribution in [0.1, 0.15) is 6.42 Å². The summed E-state index contributed by atoms with van der Waals surface area (Å²) in [5.74, 6) is 0. The van der Waals surface area contributed by atoms with Crippen molar-refractivity contribution in [2.24, 2.45) is 5.73 Å². The molecule has 0 spiro atoms. The number of rotatable bonds is 3. The van der Waals surface area contributed by atoms with Gasteiger partial charge in [0.15, 0.2) is 0 Å². The van der Waals surface area contributed by atoms with E-state index in [0.717, 1.165) is 0 Å². The van der Waals surface area contributed by atoms with Gasteiger partial charge in [-0.2, -0.15) is 13.2 Å². The maximum Gasteiger partial charge on any atom is 0.404 e. The van der Waals surface area contributed by atoms with Gasteiger partial charge in [-0.25, -0.2) is 0 Å². The summed E-state index contributed by atoms with van der Waals surface area (Å²) in [6.45, 7) is 1.48. The smallest absolute Gasteiger partial charge is 0.379 e. The molecule has 6 heteroatoms. The minimum absolute atomic E-state index is 0.0382. The number of hydrogen-bond donors (Lipinski definition) is 1. The van der Waals surface area contributed by atoms with E-state index in [9.17, 15) is 13.2 Å². The first-order valence-corrected chi connectivity index (χ1v) is 4.64. The van der Waals surface area contributed by atoms with Gasteiger partial charge in [0.2, 0.25) is 0 Å². The van der Waals surface area contributed by atoms with Gasteiger partial charge in [-0.3, -0.25) is 4.90 Å². The zero-order valence-electron chi connectivity index (χ0n) is 7.89. The normalized spacial score (nSPS) is 22.3. The Labute approximate surface area is 81.0 Å². The zero-order valence-corrected chi connectivity index (χ0v) is 7.89. The second-order valence-corrected chi connectivity index (χ2v) is 3.28. The molecule has 0 radical (unpaired) electrons. The number of halogens is 3. The third-order valence-corrected chi connectivity index (χ3v) is 2.30. The summed E-state index contributed by atoms with van der Waals surface area (Å²) >= 11 is 0. The van der Waals surface area contributed by atoms with Crippen molar-refractivity contribution < 1.29 is 17.9 Å². The lowest BCUT2D eigenvalue weighted by atomic mass is 10.1. The molecule has 1 rings (SSSR count). The summed E-state index contributed by atoms with van der Waals surface area (Å²) in [6, 6.07) is -1.41. The highest BCUT2D eigenvalue weighted by Gasteiger charge is 2.43. The third-order valence-electron chi connectivity index (χ3n) is 2.30. The van der Waals surface area contributed by atoms with Gasteiger partial charge in [0, 0.05) is 13.1 Å². The van der Waals surface area contributed by atoms with E-state index in [-0.39, 0.29) is 13.0 Å². The Morgan fingerprint density at radius 3 is 2.29 bits per heavy atom. The van der Waals surface area contributed by atoms with E-state index >= 15 is 0 Å². The van der Waals surface area contributed by atoms with Gasteiger partial charge in [-0.15, -0.1) is 0 Å². The van der Waals surface area contributed by atoms with E-state index in [2.05, 4.69) is 0 Å². The molecule has 1 atom stereocenters. The van der Waals surface area contributed by atoms with Crippen molar-refractivity contribution in [2.75, 3.05) is 32.8 Å². The third kappa shape index (κ3) is 3.11. The molecule has 1 unspecified atom stereocenters. The van der Waals surface area contributed by atoms with Crippen LogP contribution < -0.4 is 5.73 Å². The summed E-state index contributed by atoms with van der Waals surface area (Å²) in [5.41, 5.74) is 5.17. The fourth-order valence-corrected chi connectivity index (χ4v) is 1.60. The lowest BCUT2D eigenvalue weighted by Crippen LogP contribution is -2.51. The summed E-state index contributed by atoms with van der Waals surface area (Å²) < 4.78 is 42.7. The van der Waals surface area contributed by atoms with E-state index in [0.29, 0.717) is 26.3 Å². The molecule has 0 aromatic heterocycles. The molecule has 0 amide bonds. The van der Waals surface area contributed by atoms with Crippen molar-refractivity contribution in [1.29, 1.82) is 0 Å². The van der Waals surface area contributed by atoms with Crippen LogP contribution in [0.3, 0.4) is 0 Å². The molecule has 84 valence electrons. The van der Waals surface area contributed by atoms with Crippen LogP contribution in [-0.2, 0) is 4.74 Å². The molecular formula is C8H15F3N2O. The van der Waals surface area contributed by atoms with Crippen LogP contribution in [0.5, 0.6) is 0 Å². The summed E-state index contributed by atoms with van der Waals surface area (Å²) in [6.07, 6.45) is -4.22. The molecule has 1 fully saturated rings. The largest absolute Gasteiger partial charge is 0.404 e. The zero-order chi connectivity index (χ0) is 10.6. The second kappa shape index (κ2) is 4.95. The first-order chi connectivity index (χ1) is 6.55. The summed E-state index contributed by atoms with van der Waals surface area (Å²) in [7, 11) is 0. The van der Waals surface area contributed by atoms with Crippen molar-refractivity contribution in [2.45, 2.75) is 18.6 Å².